The fraction of sp³-hybridized carbons (Fsp3) is 0.304. The highest BCUT2D eigenvalue weighted by atomic mass is 32.2. The van der Waals surface area contributed by atoms with Crippen LogP contribution in [0.15, 0.2) is 59.1 Å². The number of rotatable bonds is 3. The van der Waals surface area contributed by atoms with Crippen LogP contribution in [0.25, 0.3) is 0 Å². The van der Waals surface area contributed by atoms with Gasteiger partial charge in [-0.3, -0.25) is 9.69 Å². The molecule has 1 amide bonds. The molecule has 2 aliphatic heterocycles. The number of nitrogens with zero attached hydrogens (tertiary/aromatic N) is 3. The van der Waals surface area contributed by atoms with E-state index in [9.17, 15) is 10.1 Å². The second-order valence-electron chi connectivity index (χ2n) is 7.29. The molecule has 2 aromatic carbocycles. The van der Waals surface area contributed by atoms with Crippen molar-refractivity contribution in [1.82, 2.24) is 4.90 Å². The van der Waals surface area contributed by atoms with Crippen LogP contribution in [0.4, 0.5) is 5.69 Å². The lowest BCUT2D eigenvalue weighted by Crippen LogP contribution is -2.47. The molecule has 0 radical (unpaired) electrons. The maximum Gasteiger partial charge on any atom is 0.229 e. The molecule has 28 heavy (non-hydrogen) atoms. The molecule has 2 aliphatic rings. The van der Waals surface area contributed by atoms with Crippen molar-refractivity contribution < 1.29 is 4.79 Å². The minimum absolute atomic E-state index is 0.0860. The lowest BCUT2D eigenvalue weighted by atomic mass is 9.86. The number of amides is 1. The van der Waals surface area contributed by atoms with E-state index in [1.807, 2.05) is 0 Å². The molecule has 0 saturated carbocycles. The quantitative estimate of drug-likeness (QED) is 0.758. The van der Waals surface area contributed by atoms with Crippen LogP contribution in [0.1, 0.15) is 36.0 Å². The molecule has 1 saturated heterocycles. The van der Waals surface area contributed by atoms with Crippen LogP contribution >= 0.6 is 11.8 Å². The number of fused-ring (bicyclic) bond motifs is 1. The van der Waals surface area contributed by atoms with Gasteiger partial charge in [-0.25, -0.2) is 0 Å². The van der Waals surface area contributed by atoms with E-state index in [4.69, 9.17) is 0 Å². The zero-order valence-electron chi connectivity index (χ0n) is 16.2. The number of anilines is 1. The Bertz CT molecular complexity index is 957. The number of nitriles is 1. The summed E-state index contributed by atoms with van der Waals surface area (Å²) in [5.74, 6) is 0.672. The standard InChI is InChI=1S/C23H23N3OS/c1-3-17-6-8-18(9-7-17)20-12-22(27)26-14-25(15-28-23(26)21(20)13-24)19-10-4-16(2)5-11-19/h4-11,20H,3,12,14-15H2,1-2H3/t20-/m1/s1. The van der Waals surface area contributed by atoms with Gasteiger partial charge in [-0.2, -0.15) is 5.26 Å². The van der Waals surface area contributed by atoms with Crippen molar-refractivity contribution >= 4 is 23.4 Å². The van der Waals surface area contributed by atoms with Gasteiger partial charge in [0.15, 0.2) is 0 Å². The van der Waals surface area contributed by atoms with Crippen LogP contribution in [-0.4, -0.2) is 23.4 Å². The van der Waals surface area contributed by atoms with Gasteiger partial charge in [0.2, 0.25) is 5.91 Å². The Labute approximate surface area is 170 Å². The third kappa shape index (κ3) is 3.41. The molecule has 142 valence electrons. The predicted molar refractivity (Wildman–Crippen MR) is 114 cm³/mol. The third-order valence-corrected chi connectivity index (χ3v) is 6.64. The van der Waals surface area contributed by atoms with Crippen molar-refractivity contribution in [2.45, 2.75) is 32.6 Å². The summed E-state index contributed by atoms with van der Waals surface area (Å²) >= 11 is 1.58. The molecule has 2 aromatic rings. The van der Waals surface area contributed by atoms with E-state index in [1.54, 1.807) is 16.7 Å². The average Bonchev–Trinajstić information content (AvgIpc) is 2.74. The fourth-order valence-corrected chi connectivity index (χ4v) is 4.92. The molecular weight excluding hydrogens is 366 g/mol. The van der Waals surface area contributed by atoms with Crippen LogP contribution in [0.5, 0.6) is 0 Å². The smallest absolute Gasteiger partial charge is 0.229 e. The lowest BCUT2D eigenvalue weighted by molar-refractivity contribution is -0.129. The van der Waals surface area contributed by atoms with Crippen molar-refractivity contribution in [2.75, 3.05) is 17.4 Å². The first-order valence-corrected chi connectivity index (χ1v) is 10.6. The first-order valence-electron chi connectivity index (χ1n) is 9.58. The molecule has 0 bridgehead atoms. The summed E-state index contributed by atoms with van der Waals surface area (Å²) in [4.78, 5) is 16.9. The van der Waals surface area contributed by atoms with Crippen molar-refractivity contribution in [2.24, 2.45) is 0 Å². The second kappa shape index (κ2) is 7.73. The number of hydrogen-bond acceptors (Lipinski definition) is 4. The summed E-state index contributed by atoms with van der Waals surface area (Å²) in [5.41, 5.74) is 5.35. The summed E-state index contributed by atoms with van der Waals surface area (Å²) in [6.45, 7) is 4.69. The van der Waals surface area contributed by atoms with E-state index in [0.29, 0.717) is 13.1 Å². The van der Waals surface area contributed by atoms with Crippen molar-refractivity contribution in [1.29, 1.82) is 5.26 Å². The van der Waals surface area contributed by atoms with E-state index < -0.39 is 0 Å². The SMILES string of the molecule is CCc1ccc([C@H]2CC(=O)N3CN(c4ccc(C)cc4)CSC3=C2C#N)cc1. The van der Waals surface area contributed by atoms with Crippen LogP contribution in [-0.2, 0) is 11.2 Å². The molecule has 4 nitrogen and oxygen atoms in total. The van der Waals surface area contributed by atoms with E-state index in [0.717, 1.165) is 34.2 Å². The van der Waals surface area contributed by atoms with Gasteiger partial charge in [0.05, 0.1) is 29.2 Å². The first-order chi connectivity index (χ1) is 13.6. The monoisotopic (exact) mass is 389 g/mol. The highest BCUT2D eigenvalue weighted by Gasteiger charge is 2.38. The van der Waals surface area contributed by atoms with Crippen molar-refractivity contribution in [3.05, 3.63) is 75.8 Å². The van der Waals surface area contributed by atoms with Gasteiger partial charge in [0.25, 0.3) is 0 Å². The van der Waals surface area contributed by atoms with E-state index >= 15 is 0 Å². The normalized spacial score (nSPS) is 19.5. The summed E-state index contributed by atoms with van der Waals surface area (Å²) in [6.07, 6.45) is 1.33. The molecule has 0 spiro atoms. The summed E-state index contributed by atoms with van der Waals surface area (Å²) < 4.78 is 0. The average molecular weight is 390 g/mol. The molecule has 2 heterocycles. The molecule has 0 aromatic heterocycles. The number of allylic oxidation sites excluding steroid dienone is 1. The summed E-state index contributed by atoms with van der Waals surface area (Å²) in [5, 5.41) is 10.7. The fourth-order valence-electron chi connectivity index (χ4n) is 3.75. The zero-order valence-corrected chi connectivity index (χ0v) is 17.0. The minimum atomic E-state index is -0.145. The molecule has 0 unspecified atom stereocenters. The lowest BCUT2D eigenvalue weighted by Gasteiger charge is -2.42. The van der Waals surface area contributed by atoms with Gasteiger partial charge < -0.3 is 4.90 Å². The van der Waals surface area contributed by atoms with E-state index in [1.165, 1.54) is 11.1 Å². The Hall–Kier alpha value is -2.71. The molecular formula is C23H23N3OS. The number of aryl methyl sites for hydroxylation is 2. The Kier molecular flexibility index (Phi) is 5.15. The number of benzene rings is 2. The number of carbonyl (C=O) groups is 1. The topological polar surface area (TPSA) is 47.3 Å². The molecule has 1 fully saturated rings. The van der Waals surface area contributed by atoms with Crippen molar-refractivity contribution in [3.63, 3.8) is 0 Å². The highest BCUT2D eigenvalue weighted by Crippen LogP contribution is 2.43. The number of carbonyl (C=O) groups excluding carboxylic acids is 1. The van der Waals surface area contributed by atoms with Gasteiger partial charge in [-0.1, -0.05) is 60.6 Å². The van der Waals surface area contributed by atoms with Gasteiger partial charge in [0.1, 0.15) is 0 Å². The Morgan fingerprint density at radius 3 is 2.50 bits per heavy atom. The van der Waals surface area contributed by atoms with E-state index in [-0.39, 0.29) is 11.8 Å². The summed E-state index contributed by atoms with van der Waals surface area (Å²) in [7, 11) is 0. The maximum atomic E-state index is 13.0. The Morgan fingerprint density at radius 1 is 1.14 bits per heavy atom. The third-order valence-electron chi connectivity index (χ3n) is 5.48. The molecule has 0 aliphatic carbocycles. The van der Waals surface area contributed by atoms with Crippen LogP contribution in [0.3, 0.4) is 0 Å². The molecule has 0 N–H and O–H groups in total. The van der Waals surface area contributed by atoms with Crippen LogP contribution < -0.4 is 4.90 Å². The van der Waals surface area contributed by atoms with E-state index in [2.05, 4.69) is 73.3 Å². The largest absolute Gasteiger partial charge is 0.344 e. The molecule has 5 heteroatoms. The summed E-state index contributed by atoms with van der Waals surface area (Å²) in [6, 6.07) is 19.1. The van der Waals surface area contributed by atoms with Gasteiger partial charge in [-0.05, 0) is 36.6 Å². The molecule has 1 atom stereocenters. The number of hydrogen-bond donors (Lipinski definition) is 0. The van der Waals surface area contributed by atoms with Gasteiger partial charge in [-0.15, -0.1) is 0 Å². The highest BCUT2D eigenvalue weighted by molar-refractivity contribution is 8.03. The van der Waals surface area contributed by atoms with Crippen LogP contribution in [0, 0.1) is 18.3 Å². The van der Waals surface area contributed by atoms with Gasteiger partial charge >= 0.3 is 0 Å². The Morgan fingerprint density at radius 2 is 1.86 bits per heavy atom. The van der Waals surface area contributed by atoms with Gasteiger partial charge in [0, 0.05) is 18.0 Å². The first kappa shape index (κ1) is 18.6. The maximum absolute atomic E-state index is 13.0. The van der Waals surface area contributed by atoms with Crippen molar-refractivity contribution in [3.8, 4) is 6.07 Å². The number of thioether (sulfide) groups is 1. The second-order valence-corrected chi connectivity index (χ2v) is 8.23. The predicted octanol–water partition coefficient (Wildman–Crippen LogP) is 4.78. The van der Waals surface area contributed by atoms with Crippen LogP contribution in [0.2, 0.25) is 0 Å². The molecule has 4 rings (SSSR count). The zero-order chi connectivity index (χ0) is 19.7. The Balaban J connectivity index is 1.63. The minimum Gasteiger partial charge on any atom is -0.344 e.